The summed E-state index contributed by atoms with van der Waals surface area (Å²) >= 11 is 0. The van der Waals surface area contributed by atoms with Gasteiger partial charge in [-0.3, -0.25) is 9.69 Å². The molecule has 1 aromatic heterocycles. The van der Waals surface area contributed by atoms with Crippen LogP contribution in [0.4, 0.5) is 6.01 Å². The minimum absolute atomic E-state index is 0.171. The summed E-state index contributed by atoms with van der Waals surface area (Å²) < 4.78 is 5.94. The molecule has 1 aliphatic carbocycles. The van der Waals surface area contributed by atoms with Crippen LogP contribution in [0, 0.1) is 5.92 Å². The van der Waals surface area contributed by atoms with Crippen LogP contribution in [0.2, 0.25) is 0 Å². The van der Waals surface area contributed by atoms with Crippen molar-refractivity contribution in [1.29, 1.82) is 0 Å². The third kappa shape index (κ3) is 3.62. The second-order valence-electron chi connectivity index (χ2n) is 8.65. The number of piperidine rings is 2. The first-order valence-electron chi connectivity index (χ1n) is 10.9. The van der Waals surface area contributed by atoms with Crippen molar-refractivity contribution >= 4 is 23.0 Å². The first kappa shape index (κ1) is 18.0. The second-order valence-corrected chi connectivity index (χ2v) is 8.65. The van der Waals surface area contributed by atoms with E-state index in [0.717, 1.165) is 81.8 Å². The molecule has 0 bridgehead atoms. The van der Waals surface area contributed by atoms with E-state index in [1.54, 1.807) is 0 Å². The van der Waals surface area contributed by atoms with Gasteiger partial charge in [0.15, 0.2) is 5.58 Å². The lowest BCUT2D eigenvalue weighted by atomic mass is 9.90. The first-order valence-corrected chi connectivity index (χ1v) is 10.9. The Morgan fingerprint density at radius 2 is 1.86 bits per heavy atom. The Labute approximate surface area is 166 Å². The fourth-order valence-corrected chi connectivity index (χ4v) is 4.84. The lowest BCUT2D eigenvalue weighted by Crippen LogP contribution is -2.52. The Bertz CT molecular complexity index is 790. The summed E-state index contributed by atoms with van der Waals surface area (Å²) in [5.74, 6) is 0.461. The minimum Gasteiger partial charge on any atom is -0.423 e. The number of benzene rings is 1. The van der Waals surface area contributed by atoms with Gasteiger partial charge in [-0.15, -0.1) is 0 Å². The molecule has 1 amide bonds. The van der Waals surface area contributed by atoms with E-state index < -0.39 is 0 Å². The Kier molecular flexibility index (Phi) is 4.97. The van der Waals surface area contributed by atoms with Crippen LogP contribution in [-0.4, -0.2) is 54.1 Å². The second kappa shape index (κ2) is 7.74. The zero-order valence-electron chi connectivity index (χ0n) is 16.5. The smallest absolute Gasteiger partial charge is 0.298 e. The van der Waals surface area contributed by atoms with Gasteiger partial charge in [-0.2, -0.15) is 4.98 Å². The predicted octanol–water partition coefficient (Wildman–Crippen LogP) is 3.18. The highest BCUT2D eigenvalue weighted by Crippen LogP contribution is 2.28. The zero-order valence-corrected chi connectivity index (χ0v) is 16.5. The number of rotatable bonds is 4. The zero-order chi connectivity index (χ0) is 18.9. The Morgan fingerprint density at radius 3 is 2.61 bits per heavy atom. The molecular formula is C22H30N4O2. The Balaban J connectivity index is 1.16. The number of nitrogens with one attached hydrogen (secondary N) is 1. The lowest BCUT2D eigenvalue weighted by Gasteiger charge is -2.42. The van der Waals surface area contributed by atoms with Crippen LogP contribution in [0.5, 0.6) is 0 Å². The van der Waals surface area contributed by atoms with Gasteiger partial charge in [-0.25, -0.2) is 0 Å². The number of hydrogen-bond acceptors (Lipinski definition) is 5. The third-order valence-corrected chi connectivity index (χ3v) is 6.81. The fraction of sp³-hybridized carbons (Fsp3) is 0.636. The Hall–Kier alpha value is -2.08. The molecule has 150 valence electrons. The monoisotopic (exact) mass is 382 g/mol. The van der Waals surface area contributed by atoms with Crippen LogP contribution in [-0.2, 0) is 4.79 Å². The third-order valence-electron chi connectivity index (χ3n) is 6.81. The molecule has 1 atom stereocenters. The molecule has 2 aromatic rings. The average Bonchev–Trinajstić information content (AvgIpc) is 3.15. The maximum Gasteiger partial charge on any atom is 0.298 e. The van der Waals surface area contributed by atoms with E-state index in [2.05, 4.69) is 20.1 Å². The van der Waals surface area contributed by atoms with Gasteiger partial charge in [0.2, 0.25) is 5.91 Å². The number of para-hydroxylation sites is 2. The van der Waals surface area contributed by atoms with Gasteiger partial charge in [0.1, 0.15) is 5.52 Å². The van der Waals surface area contributed by atoms with Crippen LogP contribution in [0.3, 0.4) is 0 Å². The molecule has 3 heterocycles. The van der Waals surface area contributed by atoms with Gasteiger partial charge in [0.05, 0.1) is 5.92 Å². The van der Waals surface area contributed by atoms with Crippen molar-refractivity contribution in [2.24, 2.45) is 5.92 Å². The van der Waals surface area contributed by atoms with E-state index in [9.17, 15) is 4.79 Å². The molecule has 0 spiro atoms. The summed E-state index contributed by atoms with van der Waals surface area (Å²) in [6.07, 6.45) is 7.98. The molecule has 0 radical (unpaired) electrons. The number of carbonyl (C=O) groups excluding carboxylic acids is 1. The van der Waals surface area contributed by atoms with Gasteiger partial charge >= 0.3 is 0 Å². The van der Waals surface area contributed by atoms with Gasteiger partial charge < -0.3 is 14.6 Å². The predicted molar refractivity (Wildman–Crippen MR) is 109 cm³/mol. The number of anilines is 1. The quantitative estimate of drug-likeness (QED) is 0.880. The van der Waals surface area contributed by atoms with Gasteiger partial charge in [0.25, 0.3) is 6.01 Å². The van der Waals surface area contributed by atoms with Gasteiger partial charge in [-0.05, 0) is 63.6 Å². The van der Waals surface area contributed by atoms with Crippen molar-refractivity contribution in [3.8, 4) is 0 Å². The number of fused-ring (bicyclic) bond motifs is 1. The fourth-order valence-electron chi connectivity index (χ4n) is 4.84. The highest BCUT2D eigenvalue weighted by Gasteiger charge is 2.33. The summed E-state index contributed by atoms with van der Waals surface area (Å²) in [4.78, 5) is 22.1. The summed E-state index contributed by atoms with van der Waals surface area (Å²) in [6, 6.07) is 9.71. The number of amides is 1. The molecule has 2 saturated heterocycles. The van der Waals surface area contributed by atoms with Crippen molar-refractivity contribution in [3.63, 3.8) is 0 Å². The number of hydrogen-bond donors (Lipinski definition) is 1. The molecule has 3 aliphatic rings. The summed E-state index contributed by atoms with van der Waals surface area (Å²) in [7, 11) is 0. The van der Waals surface area contributed by atoms with Crippen LogP contribution >= 0.6 is 0 Å². The number of oxazole rings is 1. The van der Waals surface area contributed by atoms with E-state index in [1.807, 2.05) is 24.3 Å². The molecule has 6 nitrogen and oxygen atoms in total. The molecule has 1 unspecified atom stereocenters. The number of nitrogens with zero attached hydrogens (tertiary/aromatic N) is 3. The van der Waals surface area contributed by atoms with E-state index in [0.29, 0.717) is 18.0 Å². The summed E-state index contributed by atoms with van der Waals surface area (Å²) in [5.41, 5.74) is 1.78. The Morgan fingerprint density at radius 1 is 1.04 bits per heavy atom. The molecule has 1 saturated carbocycles. The summed E-state index contributed by atoms with van der Waals surface area (Å²) in [6.45, 7) is 3.98. The molecule has 3 fully saturated rings. The van der Waals surface area contributed by atoms with Crippen molar-refractivity contribution in [3.05, 3.63) is 24.3 Å². The standard InChI is InChI=1S/C22H30N4O2/c27-21(23-17-6-3-7-17)16-5-4-12-26(15-16)18-10-13-25(14-11-18)22-24-19-8-1-2-9-20(19)28-22/h1-2,8-9,16-18H,3-7,10-15H2,(H,23,27). The molecule has 2 aliphatic heterocycles. The van der Waals surface area contributed by atoms with Crippen molar-refractivity contribution in [1.82, 2.24) is 15.2 Å². The maximum atomic E-state index is 12.6. The largest absolute Gasteiger partial charge is 0.423 e. The molecule has 28 heavy (non-hydrogen) atoms. The van der Waals surface area contributed by atoms with Crippen molar-refractivity contribution in [2.75, 3.05) is 31.1 Å². The topological polar surface area (TPSA) is 61.6 Å². The molecule has 6 heteroatoms. The van der Waals surface area contributed by atoms with E-state index in [4.69, 9.17) is 4.42 Å². The van der Waals surface area contributed by atoms with Crippen LogP contribution in [0.25, 0.3) is 11.1 Å². The van der Waals surface area contributed by atoms with Crippen molar-refractivity contribution < 1.29 is 9.21 Å². The molecule has 1 N–H and O–H groups in total. The first-order chi connectivity index (χ1) is 13.8. The highest BCUT2D eigenvalue weighted by atomic mass is 16.4. The van der Waals surface area contributed by atoms with Crippen LogP contribution in [0.15, 0.2) is 28.7 Å². The minimum atomic E-state index is 0.171. The van der Waals surface area contributed by atoms with E-state index in [-0.39, 0.29) is 5.92 Å². The number of likely N-dealkylation sites (tertiary alicyclic amines) is 1. The van der Waals surface area contributed by atoms with E-state index >= 15 is 0 Å². The highest BCUT2D eigenvalue weighted by molar-refractivity contribution is 5.79. The SMILES string of the molecule is O=C(NC1CCC1)C1CCCN(C2CCN(c3nc4ccccc4o3)CC2)C1. The number of aromatic nitrogens is 1. The van der Waals surface area contributed by atoms with Gasteiger partial charge in [-0.1, -0.05) is 12.1 Å². The summed E-state index contributed by atoms with van der Waals surface area (Å²) in [5, 5.41) is 3.26. The van der Waals surface area contributed by atoms with Crippen molar-refractivity contribution in [2.45, 2.75) is 57.0 Å². The van der Waals surface area contributed by atoms with E-state index in [1.165, 1.54) is 6.42 Å². The number of carbonyl (C=O) groups is 1. The normalized spacial score (nSPS) is 25.0. The van der Waals surface area contributed by atoms with Crippen LogP contribution < -0.4 is 10.2 Å². The van der Waals surface area contributed by atoms with Gasteiger partial charge in [0, 0.05) is 31.7 Å². The maximum absolute atomic E-state index is 12.6. The average molecular weight is 383 g/mol. The molecule has 5 rings (SSSR count). The van der Waals surface area contributed by atoms with Crippen LogP contribution in [0.1, 0.15) is 44.9 Å². The molecule has 1 aromatic carbocycles. The lowest BCUT2D eigenvalue weighted by molar-refractivity contribution is -0.128. The molecular weight excluding hydrogens is 352 g/mol.